The third-order valence-corrected chi connectivity index (χ3v) is 10.7. The summed E-state index contributed by atoms with van der Waals surface area (Å²) in [6.45, 7) is 1.02. The topological polar surface area (TPSA) is 226 Å². The Hall–Kier alpha value is -7.50. The van der Waals surface area contributed by atoms with Gasteiger partial charge in [-0.15, -0.1) is 20.4 Å². The van der Waals surface area contributed by atoms with Gasteiger partial charge in [0, 0.05) is 13.1 Å². The lowest BCUT2D eigenvalue weighted by atomic mass is 10.1. The van der Waals surface area contributed by atoms with Gasteiger partial charge in [-0.3, -0.25) is 9.59 Å². The van der Waals surface area contributed by atoms with Crippen LogP contribution in [0.4, 0.5) is 9.59 Å². The van der Waals surface area contributed by atoms with Crippen molar-refractivity contribution in [2.75, 3.05) is 27.3 Å². The highest BCUT2D eigenvalue weighted by Crippen LogP contribution is 2.35. The van der Waals surface area contributed by atoms with Crippen LogP contribution in [0, 0.1) is 0 Å². The zero-order chi connectivity index (χ0) is 41.6. The number of likely N-dealkylation sites (tertiary alicyclic amines) is 2. The van der Waals surface area contributed by atoms with Gasteiger partial charge in [-0.25, -0.2) is 19.6 Å². The van der Waals surface area contributed by atoms with Gasteiger partial charge in [0.15, 0.2) is 0 Å². The maximum Gasteiger partial charge on any atom is 0.407 e. The van der Waals surface area contributed by atoms with Crippen LogP contribution < -0.4 is 10.6 Å². The van der Waals surface area contributed by atoms with E-state index in [4.69, 9.17) is 9.47 Å². The summed E-state index contributed by atoms with van der Waals surface area (Å²) in [6, 6.07) is 22.8. The summed E-state index contributed by atoms with van der Waals surface area (Å²) in [5.74, 6) is 0.697. The van der Waals surface area contributed by atoms with E-state index in [9.17, 15) is 19.2 Å². The van der Waals surface area contributed by atoms with E-state index in [1.165, 1.54) is 14.2 Å². The predicted octanol–water partition coefficient (Wildman–Crippen LogP) is 5.24. The van der Waals surface area contributed by atoms with Crippen molar-refractivity contribution in [3.05, 3.63) is 120 Å². The minimum atomic E-state index is -0.917. The minimum absolute atomic E-state index is 0.257. The van der Waals surface area contributed by atoms with Gasteiger partial charge in [-0.2, -0.15) is 0 Å². The van der Waals surface area contributed by atoms with Crippen molar-refractivity contribution in [3.8, 4) is 34.2 Å². The fourth-order valence-corrected chi connectivity index (χ4v) is 7.68. The second-order valence-corrected chi connectivity index (χ2v) is 14.3. The smallest absolute Gasteiger partial charge is 0.407 e. The molecule has 18 heteroatoms. The number of imidazole rings is 2. The fraction of sp³-hybridized carbons (Fsp3) is 0.286. The first-order valence-corrected chi connectivity index (χ1v) is 19.5. The number of benzene rings is 2. The molecule has 4 aromatic heterocycles. The number of hydrogen-bond donors (Lipinski definition) is 4. The molecule has 60 heavy (non-hydrogen) atoms. The molecule has 4 N–H and O–H groups in total. The second-order valence-electron chi connectivity index (χ2n) is 14.3. The molecule has 0 saturated carbocycles. The van der Waals surface area contributed by atoms with Crippen LogP contribution in [-0.2, 0) is 19.1 Å². The molecule has 2 saturated heterocycles. The molecule has 2 aromatic carbocycles. The lowest BCUT2D eigenvalue weighted by Crippen LogP contribution is -2.42. The van der Waals surface area contributed by atoms with Gasteiger partial charge in [0.05, 0.1) is 50.1 Å². The summed E-state index contributed by atoms with van der Waals surface area (Å²) >= 11 is 0. The molecule has 8 rings (SSSR count). The maximum atomic E-state index is 13.9. The van der Waals surface area contributed by atoms with Crippen molar-refractivity contribution in [2.24, 2.45) is 0 Å². The van der Waals surface area contributed by atoms with E-state index in [-0.39, 0.29) is 23.9 Å². The molecule has 0 spiro atoms. The molecule has 306 valence electrons. The normalized spacial score (nSPS) is 17.2. The Morgan fingerprint density at radius 3 is 1.33 bits per heavy atom. The van der Waals surface area contributed by atoms with Gasteiger partial charge < -0.3 is 39.9 Å². The molecular weight excluding hydrogens is 769 g/mol. The first kappa shape index (κ1) is 39.3. The molecule has 0 bridgehead atoms. The number of carbonyl (C=O) groups is 4. The van der Waals surface area contributed by atoms with Crippen LogP contribution in [0.25, 0.3) is 34.2 Å². The SMILES string of the molecule is COC(=O)N[C@@H](C(=O)N1CCC[C@H]1c1ncc(-c2ccc(-c3ccc(-c4cnc([C@@H]5CCCN5C(=O)[C@H](NC(=O)OC)c5ccccc5)[nH]4)nn3)nn2)[nH]1)c1ccccc1. The number of nitrogens with one attached hydrogen (secondary N) is 4. The molecular formula is C42H42N12O6. The van der Waals surface area contributed by atoms with E-state index in [0.29, 0.717) is 82.9 Å². The molecule has 6 aromatic rings. The van der Waals surface area contributed by atoms with Crippen molar-refractivity contribution >= 4 is 24.0 Å². The fourth-order valence-electron chi connectivity index (χ4n) is 7.68. The number of carbonyl (C=O) groups excluding carboxylic acids is 4. The lowest BCUT2D eigenvalue weighted by Gasteiger charge is -2.28. The maximum absolute atomic E-state index is 13.9. The van der Waals surface area contributed by atoms with Crippen molar-refractivity contribution in [1.29, 1.82) is 0 Å². The largest absolute Gasteiger partial charge is 0.453 e. The van der Waals surface area contributed by atoms with E-state index in [1.807, 2.05) is 36.4 Å². The monoisotopic (exact) mass is 810 g/mol. The van der Waals surface area contributed by atoms with E-state index in [1.54, 1.807) is 70.7 Å². The van der Waals surface area contributed by atoms with Crippen LogP contribution >= 0.6 is 0 Å². The highest BCUT2D eigenvalue weighted by Gasteiger charge is 2.38. The summed E-state index contributed by atoms with van der Waals surface area (Å²) in [5, 5.41) is 23.0. The Morgan fingerprint density at radius 1 is 0.583 bits per heavy atom. The van der Waals surface area contributed by atoms with Crippen LogP contribution in [0.1, 0.15) is 72.6 Å². The molecule has 2 aliphatic heterocycles. The molecule has 6 heterocycles. The summed E-state index contributed by atoms with van der Waals surface area (Å²) in [4.78, 5) is 71.5. The number of methoxy groups -OCH3 is 2. The van der Waals surface area contributed by atoms with Crippen LogP contribution in [0.3, 0.4) is 0 Å². The quantitative estimate of drug-likeness (QED) is 0.132. The highest BCUT2D eigenvalue weighted by atomic mass is 16.5. The average molecular weight is 811 g/mol. The van der Waals surface area contributed by atoms with Crippen LogP contribution in [0.2, 0.25) is 0 Å². The van der Waals surface area contributed by atoms with Crippen LogP contribution in [-0.4, -0.2) is 101 Å². The Balaban J connectivity index is 0.928. The summed E-state index contributed by atoms with van der Waals surface area (Å²) in [6.07, 6.45) is 4.87. The molecule has 4 atom stereocenters. The Bertz CT molecular complexity index is 2270. The van der Waals surface area contributed by atoms with E-state index in [2.05, 4.69) is 51.0 Å². The summed E-state index contributed by atoms with van der Waals surface area (Å²) < 4.78 is 9.61. The number of alkyl carbamates (subject to hydrolysis) is 2. The zero-order valence-electron chi connectivity index (χ0n) is 32.8. The van der Waals surface area contributed by atoms with E-state index in [0.717, 1.165) is 12.8 Å². The second kappa shape index (κ2) is 17.6. The highest BCUT2D eigenvalue weighted by molar-refractivity contribution is 5.88. The summed E-state index contributed by atoms with van der Waals surface area (Å²) in [5.41, 5.74) is 4.67. The van der Waals surface area contributed by atoms with Crippen LogP contribution in [0.15, 0.2) is 97.3 Å². The summed E-state index contributed by atoms with van der Waals surface area (Å²) in [7, 11) is 2.52. The van der Waals surface area contributed by atoms with Gasteiger partial charge in [-0.05, 0) is 61.1 Å². The predicted molar refractivity (Wildman–Crippen MR) is 215 cm³/mol. The number of aromatic nitrogens is 8. The van der Waals surface area contributed by atoms with Crippen molar-refractivity contribution in [3.63, 3.8) is 0 Å². The van der Waals surface area contributed by atoms with Crippen molar-refractivity contribution in [2.45, 2.75) is 49.9 Å². The van der Waals surface area contributed by atoms with E-state index >= 15 is 0 Å². The zero-order valence-corrected chi connectivity index (χ0v) is 32.8. The third kappa shape index (κ3) is 8.25. The molecule has 0 unspecified atom stereocenters. The molecule has 4 amide bonds. The lowest BCUT2D eigenvalue weighted by molar-refractivity contribution is -0.135. The number of ether oxygens (including phenoxy) is 2. The number of aromatic amines is 2. The number of H-pyrrole nitrogens is 2. The third-order valence-electron chi connectivity index (χ3n) is 10.7. The molecule has 18 nitrogen and oxygen atoms in total. The van der Waals surface area contributed by atoms with Gasteiger partial charge in [0.25, 0.3) is 11.8 Å². The van der Waals surface area contributed by atoms with Crippen molar-refractivity contribution in [1.82, 2.24) is 60.8 Å². The van der Waals surface area contributed by atoms with Gasteiger partial charge in [-0.1, -0.05) is 60.7 Å². The first-order chi connectivity index (χ1) is 29.3. The Morgan fingerprint density at radius 2 is 0.967 bits per heavy atom. The van der Waals surface area contributed by atoms with Gasteiger partial charge in [0.1, 0.15) is 46.5 Å². The number of nitrogens with zero attached hydrogens (tertiary/aromatic N) is 8. The minimum Gasteiger partial charge on any atom is -0.453 e. The molecule has 0 radical (unpaired) electrons. The van der Waals surface area contributed by atoms with E-state index < -0.39 is 24.3 Å². The van der Waals surface area contributed by atoms with Gasteiger partial charge in [0.2, 0.25) is 0 Å². The molecule has 2 aliphatic rings. The molecule has 0 aliphatic carbocycles. The number of amides is 4. The average Bonchev–Trinajstić information content (AvgIpc) is 4.15. The van der Waals surface area contributed by atoms with Crippen molar-refractivity contribution < 1.29 is 28.7 Å². The standard InChI is InChI=1S/C42H42N12O6/c1-59-41(57)47-35(25-11-5-3-6-12-25)39(55)53-21-9-15-33(53)37-43-23-31(45-37)29-19-17-27(49-51-29)28-18-20-30(52-50-28)32-24-44-38(46-32)34-16-10-22-54(34)40(56)36(48-42(58)60-2)26-13-7-4-8-14-26/h3-8,11-14,17-20,23-24,33-36H,9-10,15-16,21-22H2,1-2H3,(H,43,45)(H,44,46)(H,47,57)(H,48,58)/t33-,34-,35+,36+/m0/s1. The Labute approximate surface area is 344 Å². The first-order valence-electron chi connectivity index (χ1n) is 19.5. The number of hydrogen-bond acceptors (Lipinski definition) is 12. The molecule has 2 fully saturated rings. The Kier molecular flexibility index (Phi) is 11.5. The van der Waals surface area contributed by atoms with Crippen LogP contribution in [0.5, 0.6) is 0 Å². The number of rotatable bonds is 11. The van der Waals surface area contributed by atoms with Gasteiger partial charge >= 0.3 is 12.2 Å².